The Labute approximate surface area is 98.9 Å². The van der Waals surface area contributed by atoms with Gasteiger partial charge in [0.2, 0.25) is 0 Å². The molecule has 1 aliphatic rings. The van der Waals surface area contributed by atoms with Gasteiger partial charge in [0.15, 0.2) is 6.71 Å². The Morgan fingerprint density at radius 1 is 1.44 bits per heavy atom. The van der Waals surface area contributed by atoms with E-state index in [1.807, 2.05) is 20.8 Å². The second-order valence-corrected chi connectivity index (χ2v) is 5.61. The Balaban J connectivity index is 2.51. The molecule has 4 heteroatoms. The van der Waals surface area contributed by atoms with Crippen LogP contribution < -0.4 is 0 Å². The smallest absolute Gasteiger partial charge is 0.410 e. The molecule has 0 radical (unpaired) electrons. The summed E-state index contributed by atoms with van der Waals surface area (Å²) in [6.07, 6.45) is 2.92. The molecule has 0 aromatic carbocycles. The molecule has 90 valence electrons. The van der Waals surface area contributed by atoms with Crippen molar-refractivity contribution in [2.75, 3.05) is 13.1 Å². The van der Waals surface area contributed by atoms with Gasteiger partial charge in [-0.2, -0.15) is 0 Å². The summed E-state index contributed by atoms with van der Waals surface area (Å²) in [4.78, 5) is 13.5. The van der Waals surface area contributed by atoms with Gasteiger partial charge >= 0.3 is 6.09 Å². The van der Waals surface area contributed by atoms with Crippen molar-refractivity contribution in [2.45, 2.75) is 46.4 Å². The monoisotopic (exact) mass is 223 g/mol. The van der Waals surface area contributed by atoms with Crippen molar-refractivity contribution < 1.29 is 9.53 Å². The summed E-state index contributed by atoms with van der Waals surface area (Å²) >= 11 is 0. The quantitative estimate of drug-likeness (QED) is 0.639. The number of nitrogens with zero attached hydrogens (tertiary/aromatic N) is 1. The van der Waals surface area contributed by atoms with Crippen LogP contribution in [0.25, 0.3) is 0 Å². The normalized spacial score (nSPS) is 16.8. The Morgan fingerprint density at radius 2 is 2.06 bits per heavy atom. The molecule has 0 unspecified atom stereocenters. The molecule has 0 aromatic rings. The van der Waals surface area contributed by atoms with E-state index in [1.165, 1.54) is 5.47 Å². The van der Waals surface area contributed by atoms with Crippen molar-refractivity contribution in [1.29, 1.82) is 0 Å². The minimum absolute atomic E-state index is 0.202. The SMILES string of the molecule is CB(C)C1=CCN(C(=O)OC(C)(C)C)CC1. The highest BCUT2D eigenvalue weighted by molar-refractivity contribution is 6.64. The maximum absolute atomic E-state index is 11.8. The molecule has 3 nitrogen and oxygen atoms in total. The van der Waals surface area contributed by atoms with Crippen LogP contribution in [0.3, 0.4) is 0 Å². The van der Waals surface area contributed by atoms with E-state index in [4.69, 9.17) is 4.74 Å². The molecule has 0 saturated carbocycles. The van der Waals surface area contributed by atoms with E-state index in [1.54, 1.807) is 4.90 Å². The molecule has 0 bridgehead atoms. The third-order valence-corrected chi connectivity index (χ3v) is 2.64. The van der Waals surface area contributed by atoms with Gasteiger partial charge < -0.3 is 9.64 Å². The van der Waals surface area contributed by atoms with Gasteiger partial charge in [0, 0.05) is 13.1 Å². The Hall–Kier alpha value is -0.925. The van der Waals surface area contributed by atoms with Gasteiger partial charge in [-0.25, -0.2) is 4.79 Å². The van der Waals surface area contributed by atoms with Crippen molar-refractivity contribution in [2.24, 2.45) is 0 Å². The third-order valence-electron chi connectivity index (χ3n) is 2.64. The van der Waals surface area contributed by atoms with Crippen LogP contribution in [0.15, 0.2) is 11.5 Å². The van der Waals surface area contributed by atoms with Gasteiger partial charge in [0.05, 0.1) is 0 Å². The summed E-state index contributed by atoms with van der Waals surface area (Å²) in [5.41, 5.74) is 1.04. The highest BCUT2D eigenvalue weighted by atomic mass is 16.6. The zero-order valence-electron chi connectivity index (χ0n) is 11.0. The van der Waals surface area contributed by atoms with E-state index in [2.05, 4.69) is 19.7 Å². The van der Waals surface area contributed by atoms with Gasteiger partial charge in [0.1, 0.15) is 5.60 Å². The van der Waals surface area contributed by atoms with Crippen molar-refractivity contribution >= 4 is 12.8 Å². The molecule has 1 amide bonds. The van der Waals surface area contributed by atoms with Crippen LogP contribution in [0.2, 0.25) is 13.6 Å². The molecule has 0 atom stereocenters. The predicted octanol–water partition coefficient (Wildman–Crippen LogP) is 2.85. The van der Waals surface area contributed by atoms with E-state index in [-0.39, 0.29) is 6.09 Å². The number of carbonyl (C=O) groups excluding carboxylic acids is 1. The molecular formula is C12H22BNO2. The molecule has 1 aliphatic heterocycles. The summed E-state index contributed by atoms with van der Waals surface area (Å²) < 4.78 is 5.33. The number of hydrogen-bond donors (Lipinski definition) is 0. The second kappa shape index (κ2) is 4.94. The first kappa shape index (κ1) is 13.1. The van der Waals surface area contributed by atoms with Crippen molar-refractivity contribution in [3.63, 3.8) is 0 Å². The Kier molecular flexibility index (Phi) is 4.06. The first-order valence-electron chi connectivity index (χ1n) is 5.96. The van der Waals surface area contributed by atoms with E-state index in [0.717, 1.165) is 13.0 Å². The Bertz CT molecular complexity index is 292. The third kappa shape index (κ3) is 3.91. The first-order chi connectivity index (χ1) is 7.29. The lowest BCUT2D eigenvalue weighted by Gasteiger charge is -2.30. The lowest BCUT2D eigenvalue weighted by atomic mass is 9.47. The fourth-order valence-corrected chi connectivity index (χ4v) is 1.70. The number of carbonyl (C=O) groups is 1. The molecule has 0 N–H and O–H groups in total. The molecular weight excluding hydrogens is 201 g/mol. The molecule has 1 rings (SSSR count). The molecule has 1 heterocycles. The van der Waals surface area contributed by atoms with Crippen molar-refractivity contribution in [3.8, 4) is 0 Å². The second-order valence-electron chi connectivity index (χ2n) is 5.61. The Morgan fingerprint density at radius 3 is 2.44 bits per heavy atom. The maximum Gasteiger partial charge on any atom is 0.410 e. The van der Waals surface area contributed by atoms with Crippen LogP contribution in [-0.4, -0.2) is 36.4 Å². The van der Waals surface area contributed by atoms with Crippen LogP contribution in [0.4, 0.5) is 4.79 Å². The fraction of sp³-hybridized carbons (Fsp3) is 0.750. The van der Waals surface area contributed by atoms with Crippen LogP contribution in [-0.2, 0) is 4.74 Å². The fourth-order valence-electron chi connectivity index (χ4n) is 1.70. The molecule has 0 aliphatic carbocycles. The molecule has 0 aromatic heterocycles. The molecule has 0 saturated heterocycles. The van der Waals surface area contributed by atoms with E-state index >= 15 is 0 Å². The van der Waals surface area contributed by atoms with Gasteiger partial charge in [-0.1, -0.05) is 19.7 Å². The molecule has 0 fully saturated rings. The van der Waals surface area contributed by atoms with Gasteiger partial charge in [-0.3, -0.25) is 0 Å². The predicted molar refractivity (Wildman–Crippen MR) is 68.0 cm³/mol. The average Bonchev–Trinajstić information content (AvgIpc) is 2.15. The zero-order chi connectivity index (χ0) is 12.3. The first-order valence-corrected chi connectivity index (χ1v) is 5.96. The summed E-state index contributed by atoms with van der Waals surface area (Å²) in [6.45, 7) is 12.1. The minimum Gasteiger partial charge on any atom is -0.444 e. The number of amides is 1. The van der Waals surface area contributed by atoms with Crippen LogP contribution in [0, 0.1) is 0 Å². The lowest BCUT2D eigenvalue weighted by molar-refractivity contribution is 0.0267. The highest BCUT2D eigenvalue weighted by Gasteiger charge is 2.24. The zero-order valence-corrected chi connectivity index (χ0v) is 11.0. The minimum atomic E-state index is -0.404. The number of hydrogen-bond acceptors (Lipinski definition) is 2. The van der Waals surface area contributed by atoms with E-state index in [0.29, 0.717) is 13.3 Å². The molecule has 16 heavy (non-hydrogen) atoms. The van der Waals surface area contributed by atoms with Crippen molar-refractivity contribution in [1.82, 2.24) is 4.90 Å². The topological polar surface area (TPSA) is 29.5 Å². The average molecular weight is 223 g/mol. The number of ether oxygens (including phenoxy) is 1. The lowest BCUT2D eigenvalue weighted by Crippen LogP contribution is -2.40. The van der Waals surface area contributed by atoms with Gasteiger partial charge in [0.25, 0.3) is 0 Å². The largest absolute Gasteiger partial charge is 0.444 e. The summed E-state index contributed by atoms with van der Waals surface area (Å²) in [5, 5.41) is 0. The van der Waals surface area contributed by atoms with Crippen LogP contribution in [0.5, 0.6) is 0 Å². The maximum atomic E-state index is 11.8. The summed E-state index contributed by atoms with van der Waals surface area (Å²) in [5.74, 6) is 0. The standard InChI is InChI=1S/C12H22BNO2/c1-12(2,3)16-11(15)14-8-6-10(7-9-14)13(4)5/h6H,7-9H2,1-5H3. The number of rotatable bonds is 1. The van der Waals surface area contributed by atoms with Gasteiger partial charge in [-0.15, -0.1) is 5.47 Å². The van der Waals surface area contributed by atoms with E-state index < -0.39 is 5.60 Å². The van der Waals surface area contributed by atoms with Gasteiger partial charge in [-0.05, 0) is 27.2 Å². The molecule has 0 spiro atoms. The highest BCUT2D eigenvalue weighted by Crippen LogP contribution is 2.16. The van der Waals surface area contributed by atoms with Crippen LogP contribution >= 0.6 is 0 Å². The summed E-state index contributed by atoms with van der Waals surface area (Å²) in [7, 11) is 0. The van der Waals surface area contributed by atoms with Crippen molar-refractivity contribution in [3.05, 3.63) is 11.5 Å². The van der Waals surface area contributed by atoms with Crippen LogP contribution in [0.1, 0.15) is 27.2 Å². The summed E-state index contributed by atoms with van der Waals surface area (Å²) in [6, 6.07) is 0. The van der Waals surface area contributed by atoms with E-state index in [9.17, 15) is 4.79 Å².